The molecule has 0 fully saturated rings. The number of Topliss-reactive ketones (excluding diaryl/α,β-unsaturated/α-hetero) is 1. The van der Waals surface area contributed by atoms with Crippen molar-refractivity contribution in [2.75, 3.05) is 12.0 Å². The van der Waals surface area contributed by atoms with Crippen LogP contribution in [0.3, 0.4) is 0 Å². The smallest absolute Gasteiger partial charge is 0.163 e. The Bertz CT molecular complexity index is 2120. The first-order valence-electron chi connectivity index (χ1n) is 13.9. The largest absolute Gasteiger partial charge is 0.501 e. The molecule has 0 saturated carbocycles. The highest BCUT2D eigenvalue weighted by atomic mass is 16.5. The molecule has 0 unspecified atom stereocenters. The molecule has 3 heteroatoms. The SMILES string of the molecule is CO/C(C)=C(\C(C)=O)c1ccc2ccc3c(N(c4ccccc4)c4ccc5ccccc5c4)ccc4ccc1c2c43. The summed E-state index contributed by atoms with van der Waals surface area (Å²) in [5.41, 5.74) is 4.82. The summed E-state index contributed by atoms with van der Waals surface area (Å²) in [5, 5.41) is 9.30. The van der Waals surface area contributed by atoms with Gasteiger partial charge >= 0.3 is 0 Å². The van der Waals surface area contributed by atoms with Gasteiger partial charge < -0.3 is 9.64 Å². The number of methoxy groups -OCH3 is 1. The number of allylic oxidation sites excluding steroid dienone is 2. The minimum atomic E-state index is -0.00775. The number of hydrogen-bond donors (Lipinski definition) is 0. The number of anilines is 3. The molecule has 0 amide bonds. The van der Waals surface area contributed by atoms with E-state index in [2.05, 4.69) is 120 Å². The number of carbonyl (C=O) groups excluding carboxylic acids is 1. The number of nitrogens with zero attached hydrogens (tertiary/aromatic N) is 1. The molecule has 0 aliphatic heterocycles. The zero-order chi connectivity index (χ0) is 28.1. The molecule has 0 aliphatic rings. The van der Waals surface area contributed by atoms with Crippen LogP contribution >= 0.6 is 0 Å². The first-order chi connectivity index (χ1) is 20.0. The lowest BCUT2D eigenvalue weighted by Gasteiger charge is -2.28. The zero-order valence-electron chi connectivity index (χ0n) is 23.3. The molecule has 198 valence electrons. The average molecular weight is 532 g/mol. The van der Waals surface area contributed by atoms with Crippen LogP contribution in [0.25, 0.3) is 48.7 Å². The maximum absolute atomic E-state index is 12.8. The third kappa shape index (κ3) is 4.01. The van der Waals surface area contributed by atoms with Gasteiger partial charge in [-0.15, -0.1) is 0 Å². The van der Waals surface area contributed by atoms with Gasteiger partial charge in [-0.1, -0.05) is 91.0 Å². The number of ether oxygens (including phenoxy) is 1. The fourth-order valence-corrected chi connectivity index (χ4v) is 6.25. The molecular formula is C38H29NO2. The van der Waals surface area contributed by atoms with Crippen molar-refractivity contribution in [1.82, 2.24) is 0 Å². The number of fused-ring (bicyclic) bond motifs is 1. The van der Waals surface area contributed by atoms with Crippen LogP contribution in [-0.4, -0.2) is 12.9 Å². The highest BCUT2D eigenvalue weighted by molar-refractivity contribution is 6.30. The van der Waals surface area contributed by atoms with Crippen molar-refractivity contribution in [2.45, 2.75) is 13.8 Å². The van der Waals surface area contributed by atoms with Crippen LogP contribution in [0.15, 0.2) is 127 Å². The van der Waals surface area contributed by atoms with Crippen molar-refractivity contribution in [3.8, 4) is 0 Å². The third-order valence-corrected chi connectivity index (χ3v) is 8.17. The zero-order valence-corrected chi connectivity index (χ0v) is 23.3. The molecule has 0 bridgehead atoms. The molecule has 0 spiro atoms. The minimum Gasteiger partial charge on any atom is -0.501 e. The topological polar surface area (TPSA) is 29.5 Å². The lowest BCUT2D eigenvalue weighted by Crippen LogP contribution is -2.10. The van der Waals surface area contributed by atoms with Crippen molar-refractivity contribution < 1.29 is 9.53 Å². The van der Waals surface area contributed by atoms with Crippen LogP contribution in [0.5, 0.6) is 0 Å². The van der Waals surface area contributed by atoms with Gasteiger partial charge in [-0.05, 0) is 87.4 Å². The number of para-hydroxylation sites is 1. The van der Waals surface area contributed by atoms with E-state index in [1.54, 1.807) is 14.0 Å². The monoisotopic (exact) mass is 531 g/mol. The number of carbonyl (C=O) groups is 1. The number of benzene rings is 7. The van der Waals surface area contributed by atoms with Crippen molar-refractivity contribution >= 4 is 71.5 Å². The quantitative estimate of drug-likeness (QED) is 0.121. The van der Waals surface area contributed by atoms with Gasteiger partial charge in [0.25, 0.3) is 0 Å². The Labute approximate surface area is 239 Å². The van der Waals surface area contributed by atoms with Gasteiger partial charge in [0.1, 0.15) is 5.76 Å². The van der Waals surface area contributed by atoms with E-state index in [0.29, 0.717) is 11.3 Å². The Hall–Kier alpha value is -5.15. The predicted molar refractivity (Wildman–Crippen MR) is 173 cm³/mol. The van der Waals surface area contributed by atoms with Crippen LogP contribution < -0.4 is 4.90 Å². The fourth-order valence-electron chi connectivity index (χ4n) is 6.25. The molecule has 0 saturated heterocycles. The summed E-state index contributed by atoms with van der Waals surface area (Å²) >= 11 is 0. The van der Waals surface area contributed by atoms with Crippen LogP contribution in [-0.2, 0) is 9.53 Å². The molecule has 0 radical (unpaired) electrons. The Morgan fingerprint density at radius 2 is 1.20 bits per heavy atom. The summed E-state index contributed by atoms with van der Waals surface area (Å²) in [6, 6.07) is 43.0. The molecule has 7 rings (SSSR count). The Morgan fingerprint density at radius 3 is 1.93 bits per heavy atom. The molecule has 41 heavy (non-hydrogen) atoms. The highest BCUT2D eigenvalue weighted by Gasteiger charge is 2.21. The highest BCUT2D eigenvalue weighted by Crippen LogP contribution is 2.45. The maximum atomic E-state index is 12.8. The molecule has 0 aliphatic carbocycles. The van der Waals surface area contributed by atoms with E-state index in [9.17, 15) is 4.79 Å². The van der Waals surface area contributed by atoms with Crippen LogP contribution in [0, 0.1) is 0 Å². The molecular weight excluding hydrogens is 502 g/mol. The molecule has 0 atom stereocenters. The van der Waals surface area contributed by atoms with E-state index < -0.39 is 0 Å². The van der Waals surface area contributed by atoms with Crippen LogP contribution in [0.1, 0.15) is 19.4 Å². The molecule has 7 aromatic carbocycles. The Kier molecular flexibility index (Phi) is 5.94. The molecule has 7 aromatic rings. The summed E-state index contributed by atoms with van der Waals surface area (Å²) in [6.45, 7) is 3.46. The summed E-state index contributed by atoms with van der Waals surface area (Å²) in [5.74, 6) is 0.617. The van der Waals surface area contributed by atoms with E-state index in [1.165, 1.54) is 21.5 Å². The van der Waals surface area contributed by atoms with Gasteiger partial charge in [0, 0.05) is 16.8 Å². The number of rotatable bonds is 6. The second kappa shape index (κ2) is 9.79. The van der Waals surface area contributed by atoms with Gasteiger partial charge in [-0.3, -0.25) is 4.79 Å². The second-order valence-corrected chi connectivity index (χ2v) is 10.5. The molecule has 0 N–H and O–H groups in total. The maximum Gasteiger partial charge on any atom is 0.163 e. The second-order valence-electron chi connectivity index (χ2n) is 10.5. The van der Waals surface area contributed by atoms with E-state index in [1.807, 2.05) is 13.0 Å². The molecule has 3 nitrogen and oxygen atoms in total. The summed E-state index contributed by atoms with van der Waals surface area (Å²) in [6.07, 6.45) is 0. The van der Waals surface area contributed by atoms with E-state index in [-0.39, 0.29) is 5.78 Å². The van der Waals surface area contributed by atoms with Gasteiger partial charge in [0.05, 0.1) is 18.4 Å². The van der Waals surface area contributed by atoms with Gasteiger partial charge in [0.2, 0.25) is 0 Å². The lowest BCUT2D eigenvalue weighted by molar-refractivity contribution is -0.111. The van der Waals surface area contributed by atoms with Gasteiger partial charge in [0.15, 0.2) is 5.78 Å². The molecule has 0 heterocycles. The van der Waals surface area contributed by atoms with Crippen LogP contribution in [0.2, 0.25) is 0 Å². The summed E-state index contributed by atoms with van der Waals surface area (Å²) < 4.78 is 5.55. The minimum absolute atomic E-state index is 0.00775. The van der Waals surface area contributed by atoms with Crippen molar-refractivity contribution in [2.24, 2.45) is 0 Å². The van der Waals surface area contributed by atoms with Gasteiger partial charge in [-0.25, -0.2) is 0 Å². The fraction of sp³-hybridized carbons (Fsp3) is 0.0789. The Morgan fingerprint density at radius 1 is 0.585 bits per heavy atom. The predicted octanol–water partition coefficient (Wildman–Crippen LogP) is 10.2. The van der Waals surface area contributed by atoms with Crippen LogP contribution in [0.4, 0.5) is 17.1 Å². The van der Waals surface area contributed by atoms with E-state index in [0.717, 1.165) is 44.2 Å². The van der Waals surface area contributed by atoms with Crippen molar-refractivity contribution in [3.63, 3.8) is 0 Å². The van der Waals surface area contributed by atoms with Crippen molar-refractivity contribution in [1.29, 1.82) is 0 Å². The normalized spacial score (nSPS) is 12.3. The number of hydrogen-bond acceptors (Lipinski definition) is 3. The summed E-state index contributed by atoms with van der Waals surface area (Å²) in [7, 11) is 1.62. The average Bonchev–Trinajstić information content (AvgIpc) is 3.01. The molecule has 0 aromatic heterocycles. The van der Waals surface area contributed by atoms with E-state index in [4.69, 9.17) is 4.74 Å². The first kappa shape index (κ1) is 24.9. The summed E-state index contributed by atoms with van der Waals surface area (Å²) in [4.78, 5) is 15.2. The first-order valence-corrected chi connectivity index (χ1v) is 13.9. The Balaban J connectivity index is 1.55. The van der Waals surface area contributed by atoms with Gasteiger partial charge in [-0.2, -0.15) is 0 Å². The lowest BCUT2D eigenvalue weighted by atomic mass is 9.88. The third-order valence-electron chi connectivity index (χ3n) is 8.17. The van der Waals surface area contributed by atoms with Crippen molar-refractivity contribution in [3.05, 3.63) is 133 Å². The number of ketones is 1. The standard InChI is InChI=1S/C38H29NO2/c1-24(40)36(25(2)41-3)32-19-14-27-16-21-34-35(22-17-28-15-20-33(32)37(27)38(28)34)39(30-11-5-4-6-12-30)31-18-13-26-9-7-8-10-29(26)23-31/h4-23H,1-3H3/b36-25+. The van der Waals surface area contributed by atoms with E-state index >= 15 is 0 Å².